The third-order valence-electron chi connectivity index (χ3n) is 2.37. The molecule has 1 atom stereocenters. The minimum atomic E-state index is -1.05. The predicted molar refractivity (Wildman–Crippen MR) is 76.6 cm³/mol. The first-order valence-corrected chi connectivity index (χ1v) is 6.39. The Morgan fingerprint density at radius 1 is 1.45 bits per heavy atom. The lowest BCUT2D eigenvalue weighted by Crippen LogP contribution is -2.30. The zero-order valence-electron chi connectivity index (χ0n) is 10.9. The van der Waals surface area contributed by atoms with Crippen molar-refractivity contribution in [2.45, 2.75) is 13.0 Å². The topological polar surface area (TPSA) is 98.8 Å². The zero-order chi connectivity index (χ0) is 15.3. The summed E-state index contributed by atoms with van der Waals surface area (Å²) in [5, 5.41) is 8.60. The summed E-state index contributed by atoms with van der Waals surface area (Å²) < 4.78 is 11.1. The number of benzene rings is 1. The number of rotatable bonds is 6. The van der Waals surface area contributed by atoms with E-state index >= 15 is 0 Å². The molecule has 0 aromatic heterocycles. The summed E-state index contributed by atoms with van der Waals surface area (Å²) in [5.41, 5.74) is 5.75. The van der Waals surface area contributed by atoms with Crippen molar-refractivity contribution in [2.24, 2.45) is 5.73 Å². The quantitative estimate of drug-likeness (QED) is 0.767. The Morgan fingerprint density at radius 3 is 2.60 bits per heavy atom. The van der Waals surface area contributed by atoms with Crippen LogP contribution in [0, 0.1) is 0 Å². The first kappa shape index (κ1) is 16.0. The third kappa shape index (κ3) is 4.27. The molecule has 108 valence electrons. The van der Waals surface area contributed by atoms with Crippen molar-refractivity contribution >= 4 is 33.9 Å². The van der Waals surface area contributed by atoms with E-state index in [1.807, 2.05) is 0 Å². The van der Waals surface area contributed by atoms with Gasteiger partial charge >= 0.3 is 5.97 Å². The van der Waals surface area contributed by atoms with Gasteiger partial charge in [-0.25, -0.2) is 4.79 Å². The van der Waals surface area contributed by atoms with Gasteiger partial charge in [-0.1, -0.05) is 0 Å². The summed E-state index contributed by atoms with van der Waals surface area (Å²) in [4.78, 5) is 21.5. The van der Waals surface area contributed by atoms with Crippen molar-refractivity contribution < 1.29 is 24.2 Å². The molecule has 0 heterocycles. The fourth-order valence-electron chi connectivity index (χ4n) is 1.35. The van der Waals surface area contributed by atoms with E-state index in [0.717, 1.165) is 6.08 Å². The van der Waals surface area contributed by atoms with Gasteiger partial charge in [-0.15, -0.1) is 0 Å². The average molecular weight is 344 g/mol. The monoisotopic (exact) mass is 343 g/mol. The van der Waals surface area contributed by atoms with Crippen molar-refractivity contribution in [3.8, 4) is 11.5 Å². The van der Waals surface area contributed by atoms with E-state index in [1.165, 1.54) is 20.1 Å². The Labute approximate surface area is 124 Å². The molecule has 0 saturated heterocycles. The summed E-state index contributed by atoms with van der Waals surface area (Å²) in [6, 6.07) is 3.23. The van der Waals surface area contributed by atoms with Gasteiger partial charge in [0.05, 0.1) is 11.6 Å². The second-order valence-electron chi connectivity index (χ2n) is 3.87. The van der Waals surface area contributed by atoms with Gasteiger partial charge in [0.1, 0.15) is 0 Å². The second kappa shape index (κ2) is 6.95. The van der Waals surface area contributed by atoms with Crippen LogP contribution in [-0.2, 0) is 9.59 Å². The number of ether oxygens (including phenoxy) is 2. The van der Waals surface area contributed by atoms with Crippen molar-refractivity contribution in [2.75, 3.05) is 7.11 Å². The van der Waals surface area contributed by atoms with Crippen LogP contribution >= 0.6 is 15.9 Å². The number of carbonyl (C=O) groups excluding carboxylic acids is 1. The number of hydrogen-bond donors (Lipinski definition) is 2. The van der Waals surface area contributed by atoms with Crippen molar-refractivity contribution in [1.29, 1.82) is 0 Å². The number of nitrogens with two attached hydrogens (primary N) is 1. The molecule has 20 heavy (non-hydrogen) atoms. The summed E-state index contributed by atoms with van der Waals surface area (Å²) in [6.45, 7) is 1.52. The number of carbonyl (C=O) groups is 2. The molecule has 0 fully saturated rings. The molecule has 0 radical (unpaired) electrons. The molecule has 6 nitrogen and oxygen atoms in total. The van der Waals surface area contributed by atoms with Gasteiger partial charge < -0.3 is 20.3 Å². The molecule has 1 unspecified atom stereocenters. The fourth-order valence-corrected chi connectivity index (χ4v) is 1.91. The van der Waals surface area contributed by atoms with Crippen molar-refractivity contribution in [1.82, 2.24) is 0 Å². The van der Waals surface area contributed by atoms with Gasteiger partial charge in [-0.3, -0.25) is 4.79 Å². The van der Waals surface area contributed by atoms with Gasteiger partial charge in [-0.2, -0.15) is 0 Å². The number of halogens is 1. The van der Waals surface area contributed by atoms with Crippen LogP contribution in [-0.4, -0.2) is 30.2 Å². The highest BCUT2D eigenvalue weighted by Crippen LogP contribution is 2.37. The lowest BCUT2D eigenvalue weighted by atomic mass is 10.2. The van der Waals surface area contributed by atoms with E-state index < -0.39 is 18.0 Å². The average Bonchev–Trinajstić information content (AvgIpc) is 2.38. The lowest BCUT2D eigenvalue weighted by molar-refractivity contribution is -0.131. The van der Waals surface area contributed by atoms with E-state index in [-0.39, 0.29) is 0 Å². The molecular formula is C13H14BrNO5. The number of aliphatic carboxylic acids is 1. The molecule has 7 heteroatoms. The highest BCUT2D eigenvalue weighted by molar-refractivity contribution is 9.10. The highest BCUT2D eigenvalue weighted by atomic mass is 79.9. The zero-order valence-corrected chi connectivity index (χ0v) is 12.5. The van der Waals surface area contributed by atoms with Crippen LogP contribution < -0.4 is 15.2 Å². The second-order valence-corrected chi connectivity index (χ2v) is 4.72. The summed E-state index contributed by atoms with van der Waals surface area (Å²) in [5.74, 6) is -0.972. The molecule has 0 bridgehead atoms. The predicted octanol–water partition coefficient (Wildman–Crippen LogP) is 1.81. The van der Waals surface area contributed by atoms with Crippen LogP contribution in [0.1, 0.15) is 12.5 Å². The SMILES string of the molecule is COc1cc(/C=C/C(=O)O)cc(Br)c1OC(C)C(N)=O. The first-order chi connectivity index (χ1) is 9.35. The van der Waals surface area contributed by atoms with Crippen LogP contribution in [0.2, 0.25) is 0 Å². The Morgan fingerprint density at radius 2 is 2.10 bits per heavy atom. The Balaban J connectivity index is 3.14. The van der Waals surface area contributed by atoms with Crippen LogP contribution in [0.4, 0.5) is 0 Å². The van der Waals surface area contributed by atoms with E-state index in [1.54, 1.807) is 12.1 Å². The standard InChI is InChI=1S/C13H14BrNO5/c1-7(13(15)18)20-12-9(14)5-8(3-4-11(16)17)6-10(12)19-2/h3-7H,1-2H3,(H2,15,18)(H,16,17)/b4-3+. The molecule has 0 spiro atoms. The minimum Gasteiger partial charge on any atom is -0.493 e. The molecule has 1 aromatic carbocycles. The van der Waals surface area contributed by atoms with E-state index in [0.29, 0.717) is 21.5 Å². The van der Waals surface area contributed by atoms with E-state index in [2.05, 4.69) is 15.9 Å². The molecule has 0 saturated carbocycles. The third-order valence-corrected chi connectivity index (χ3v) is 2.95. The Kier molecular flexibility index (Phi) is 5.57. The maximum absolute atomic E-state index is 11.0. The highest BCUT2D eigenvalue weighted by Gasteiger charge is 2.17. The van der Waals surface area contributed by atoms with Crippen LogP contribution in [0.15, 0.2) is 22.7 Å². The number of primary amides is 1. The summed E-state index contributed by atoms with van der Waals surface area (Å²) >= 11 is 3.29. The minimum absolute atomic E-state index is 0.325. The van der Waals surface area contributed by atoms with E-state index in [9.17, 15) is 9.59 Å². The largest absolute Gasteiger partial charge is 0.493 e. The van der Waals surface area contributed by atoms with Crippen molar-refractivity contribution in [3.63, 3.8) is 0 Å². The lowest BCUT2D eigenvalue weighted by Gasteiger charge is -2.16. The van der Waals surface area contributed by atoms with Gasteiger partial charge in [0.2, 0.25) is 0 Å². The molecule has 0 aliphatic rings. The van der Waals surface area contributed by atoms with Gasteiger partial charge in [0.15, 0.2) is 17.6 Å². The molecule has 0 aliphatic carbocycles. The van der Waals surface area contributed by atoms with Gasteiger partial charge in [-0.05, 0) is 46.6 Å². The van der Waals surface area contributed by atoms with Crippen molar-refractivity contribution in [3.05, 3.63) is 28.2 Å². The normalized spacial score (nSPS) is 12.2. The summed E-state index contributed by atoms with van der Waals surface area (Å²) in [7, 11) is 1.44. The van der Waals surface area contributed by atoms with E-state index in [4.69, 9.17) is 20.3 Å². The van der Waals surface area contributed by atoms with Gasteiger partial charge in [0.25, 0.3) is 5.91 Å². The fraction of sp³-hybridized carbons (Fsp3) is 0.231. The van der Waals surface area contributed by atoms with Crippen LogP contribution in [0.25, 0.3) is 6.08 Å². The molecule has 1 amide bonds. The number of methoxy groups -OCH3 is 1. The Bertz CT molecular complexity index is 556. The first-order valence-electron chi connectivity index (χ1n) is 5.59. The summed E-state index contributed by atoms with van der Waals surface area (Å²) in [6.07, 6.45) is 1.60. The number of carboxylic acid groups (broad SMARTS) is 1. The van der Waals surface area contributed by atoms with Crippen LogP contribution in [0.5, 0.6) is 11.5 Å². The maximum Gasteiger partial charge on any atom is 0.328 e. The maximum atomic E-state index is 11.0. The molecular weight excluding hydrogens is 330 g/mol. The van der Waals surface area contributed by atoms with Gasteiger partial charge in [0, 0.05) is 6.08 Å². The molecule has 1 aromatic rings. The smallest absolute Gasteiger partial charge is 0.328 e. The molecule has 0 aliphatic heterocycles. The molecule has 1 rings (SSSR count). The number of hydrogen-bond acceptors (Lipinski definition) is 4. The van der Waals surface area contributed by atoms with Crippen LogP contribution in [0.3, 0.4) is 0 Å². The number of carboxylic acids is 1. The molecule has 3 N–H and O–H groups in total. The Hall–Kier alpha value is -2.02. The number of amides is 1.